The number of aryl methyl sites for hydroxylation is 2. The molecular weight excluding hydrogens is 438 g/mol. The zero-order valence-corrected chi connectivity index (χ0v) is 19.5. The fourth-order valence-corrected chi connectivity index (χ4v) is 3.82. The molecule has 0 aliphatic carbocycles. The van der Waals surface area contributed by atoms with Gasteiger partial charge in [0, 0.05) is 17.1 Å². The Morgan fingerprint density at radius 1 is 0.933 bits per heavy atom. The van der Waals surface area contributed by atoms with Crippen molar-refractivity contribution in [1.82, 2.24) is 5.32 Å². The minimum absolute atomic E-state index is 0.417. The van der Waals surface area contributed by atoms with Crippen molar-refractivity contribution in [3.8, 4) is 11.5 Å². The van der Waals surface area contributed by atoms with Crippen LogP contribution in [0.25, 0.3) is 0 Å². The average Bonchev–Trinajstić information content (AvgIpc) is 2.76. The Morgan fingerprint density at radius 2 is 1.70 bits per heavy atom. The topological polar surface area (TPSA) is 30.5 Å². The molecule has 0 fully saturated rings. The van der Waals surface area contributed by atoms with Gasteiger partial charge in [0.05, 0.1) is 7.11 Å². The Labute approximate surface area is 188 Å². The van der Waals surface area contributed by atoms with Crippen molar-refractivity contribution < 1.29 is 9.47 Å². The first-order chi connectivity index (χ1) is 14.5. The van der Waals surface area contributed by atoms with Crippen molar-refractivity contribution in [2.45, 2.75) is 45.9 Å². The van der Waals surface area contributed by atoms with Gasteiger partial charge in [-0.2, -0.15) is 0 Å². The van der Waals surface area contributed by atoms with Crippen LogP contribution >= 0.6 is 15.9 Å². The maximum Gasteiger partial charge on any atom is 0.162 e. The van der Waals surface area contributed by atoms with Crippen molar-refractivity contribution in [2.75, 3.05) is 7.11 Å². The van der Waals surface area contributed by atoms with Crippen LogP contribution in [-0.4, -0.2) is 13.2 Å². The number of benzene rings is 3. The average molecular weight is 468 g/mol. The third-order valence-corrected chi connectivity index (χ3v) is 5.90. The lowest BCUT2D eigenvalue weighted by Crippen LogP contribution is -2.26. The van der Waals surface area contributed by atoms with E-state index in [4.69, 9.17) is 9.47 Å². The van der Waals surface area contributed by atoms with Gasteiger partial charge in [-0.15, -0.1) is 0 Å². The highest BCUT2D eigenvalue weighted by molar-refractivity contribution is 9.10. The van der Waals surface area contributed by atoms with Crippen LogP contribution in [0.5, 0.6) is 11.5 Å². The fourth-order valence-electron chi connectivity index (χ4n) is 3.36. The van der Waals surface area contributed by atoms with E-state index >= 15 is 0 Å². The van der Waals surface area contributed by atoms with Crippen LogP contribution in [0.2, 0.25) is 0 Å². The monoisotopic (exact) mass is 467 g/mol. The molecule has 4 heteroatoms. The summed E-state index contributed by atoms with van der Waals surface area (Å²) in [5.41, 5.74) is 4.91. The van der Waals surface area contributed by atoms with Gasteiger partial charge in [0.1, 0.15) is 6.61 Å². The summed E-state index contributed by atoms with van der Waals surface area (Å²) in [5.74, 6) is 1.49. The van der Waals surface area contributed by atoms with E-state index in [9.17, 15) is 0 Å². The molecule has 0 aliphatic heterocycles. The molecule has 1 N–H and O–H groups in total. The molecule has 3 aromatic carbocycles. The Kier molecular flexibility index (Phi) is 8.35. The van der Waals surface area contributed by atoms with Gasteiger partial charge in [-0.3, -0.25) is 0 Å². The van der Waals surface area contributed by atoms with Gasteiger partial charge in [-0.25, -0.2) is 0 Å². The SMILES string of the molecule is COc1cc(CNC(C)CCc2ccccc2)c(Br)cc1OCc1cccc(C)c1. The number of halogens is 1. The smallest absolute Gasteiger partial charge is 0.162 e. The molecule has 0 radical (unpaired) electrons. The summed E-state index contributed by atoms with van der Waals surface area (Å²) in [4.78, 5) is 0. The van der Waals surface area contributed by atoms with Crippen LogP contribution in [0.3, 0.4) is 0 Å². The second kappa shape index (κ2) is 11.2. The van der Waals surface area contributed by atoms with Crippen molar-refractivity contribution in [1.29, 1.82) is 0 Å². The predicted molar refractivity (Wildman–Crippen MR) is 127 cm³/mol. The second-order valence-corrected chi connectivity index (χ2v) is 8.53. The Morgan fingerprint density at radius 3 is 2.43 bits per heavy atom. The van der Waals surface area contributed by atoms with E-state index in [1.165, 1.54) is 11.1 Å². The van der Waals surface area contributed by atoms with Crippen LogP contribution in [0, 0.1) is 6.92 Å². The van der Waals surface area contributed by atoms with Crippen LogP contribution in [0.15, 0.2) is 71.2 Å². The van der Waals surface area contributed by atoms with E-state index in [-0.39, 0.29) is 0 Å². The van der Waals surface area contributed by atoms with Crippen LogP contribution in [-0.2, 0) is 19.6 Å². The summed E-state index contributed by atoms with van der Waals surface area (Å²) < 4.78 is 12.7. The summed E-state index contributed by atoms with van der Waals surface area (Å²) in [6.07, 6.45) is 2.17. The molecule has 0 spiro atoms. The van der Waals surface area contributed by atoms with Gasteiger partial charge in [-0.05, 0) is 55.5 Å². The third kappa shape index (κ3) is 6.61. The molecule has 0 saturated carbocycles. The molecule has 1 unspecified atom stereocenters. The van der Waals surface area contributed by atoms with Gasteiger partial charge in [0.25, 0.3) is 0 Å². The number of rotatable bonds is 10. The van der Waals surface area contributed by atoms with Crippen molar-refractivity contribution in [3.05, 3.63) is 93.5 Å². The lowest BCUT2D eigenvalue weighted by Gasteiger charge is -2.17. The van der Waals surface area contributed by atoms with E-state index in [0.29, 0.717) is 12.6 Å². The maximum atomic E-state index is 6.04. The molecule has 0 heterocycles. The van der Waals surface area contributed by atoms with Gasteiger partial charge in [0.2, 0.25) is 0 Å². The highest BCUT2D eigenvalue weighted by Gasteiger charge is 2.12. The first-order valence-corrected chi connectivity index (χ1v) is 11.2. The lowest BCUT2D eigenvalue weighted by molar-refractivity contribution is 0.284. The van der Waals surface area contributed by atoms with Crippen molar-refractivity contribution in [3.63, 3.8) is 0 Å². The third-order valence-electron chi connectivity index (χ3n) is 5.16. The van der Waals surface area contributed by atoms with E-state index in [2.05, 4.69) is 89.7 Å². The summed E-state index contributed by atoms with van der Waals surface area (Å²) in [6.45, 7) is 5.60. The Balaban J connectivity index is 1.57. The normalized spacial score (nSPS) is 11.9. The summed E-state index contributed by atoms with van der Waals surface area (Å²) >= 11 is 3.70. The van der Waals surface area contributed by atoms with Gasteiger partial charge >= 0.3 is 0 Å². The number of nitrogens with one attached hydrogen (secondary N) is 1. The Hall–Kier alpha value is -2.30. The van der Waals surface area contributed by atoms with E-state index in [0.717, 1.165) is 46.5 Å². The lowest BCUT2D eigenvalue weighted by atomic mass is 10.1. The molecule has 1 atom stereocenters. The fraction of sp³-hybridized carbons (Fsp3) is 0.308. The molecule has 3 rings (SSSR count). The molecule has 0 aromatic heterocycles. The summed E-state index contributed by atoms with van der Waals surface area (Å²) in [6, 6.07) is 23.4. The summed E-state index contributed by atoms with van der Waals surface area (Å²) in [5, 5.41) is 3.62. The predicted octanol–water partition coefficient (Wildman–Crippen LogP) is 6.46. The number of ether oxygens (including phenoxy) is 2. The largest absolute Gasteiger partial charge is 0.493 e. The highest BCUT2D eigenvalue weighted by Crippen LogP contribution is 2.34. The van der Waals surface area contributed by atoms with E-state index in [1.807, 2.05) is 12.1 Å². The van der Waals surface area contributed by atoms with Gasteiger partial charge in [-0.1, -0.05) is 76.1 Å². The molecule has 0 amide bonds. The molecule has 0 saturated heterocycles. The molecule has 30 heavy (non-hydrogen) atoms. The van der Waals surface area contributed by atoms with Crippen molar-refractivity contribution >= 4 is 15.9 Å². The quantitative estimate of drug-likeness (QED) is 0.371. The number of methoxy groups -OCH3 is 1. The van der Waals surface area contributed by atoms with Gasteiger partial charge in [0.15, 0.2) is 11.5 Å². The summed E-state index contributed by atoms with van der Waals surface area (Å²) in [7, 11) is 1.68. The van der Waals surface area contributed by atoms with Crippen LogP contribution < -0.4 is 14.8 Å². The number of hydrogen-bond acceptors (Lipinski definition) is 3. The highest BCUT2D eigenvalue weighted by atomic mass is 79.9. The van der Waals surface area contributed by atoms with Crippen LogP contribution in [0.4, 0.5) is 0 Å². The minimum atomic E-state index is 0.417. The van der Waals surface area contributed by atoms with E-state index in [1.54, 1.807) is 7.11 Å². The standard InChI is InChI=1S/C26H30BrNO2/c1-19-8-7-11-22(14-19)18-30-26-16-24(27)23(15-25(26)29-3)17-28-20(2)12-13-21-9-5-4-6-10-21/h4-11,14-16,20,28H,12-13,17-18H2,1-3H3. The molecule has 0 bridgehead atoms. The van der Waals surface area contributed by atoms with Crippen molar-refractivity contribution in [2.24, 2.45) is 0 Å². The zero-order chi connectivity index (χ0) is 21.3. The first kappa shape index (κ1) is 22.4. The maximum absolute atomic E-state index is 6.04. The van der Waals surface area contributed by atoms with E-state index < -0.39 is 0 Å². The minimum Gasteiger partial charge on any atom is -0.493 e. The van der Waals surface area contributed by atoms with Crippen LogP contribution in [0.1, 0.15) is 35.6 Å². The Bertz CT molecular complexity index is 943. The zero-order valence-electron chi connectivity index (χ0n) is 18.0. The first-order valence-electron chi connectivity index (χ1n) is 10.4. The molecule has 3 nitrogen and oxygen atoms in total. The second-order valence-electron chi connectivity index (χ2n) is 7.68. The number of hydrogen-bond donors (Lipinski definition) is 1. The molecule has 3 aromatic rings. The molecular formula is C26H30BrNO2. The molecule has 158 valence electrons. The molecule has 0 aliphatic rings. The van der Waals surface area contributed by atoms with Gasteiger partial charge < -0.3 is 14.8 Å².